The van der Waals surface area contributed by atoms with Gasteiger partial charge < -0.3 is 19.7 Å². The molecule has 2 fully saturated rings. The molecular weight excluding hydrogens is 356 g/mol. The number of carbonyl (C=O) groups excluding carboxylic acids is 2. The van der Waals surface area contributed by atoms with Crippen molar-refractivity contribution in [3.63, 3.8) is 0 Å². The zero-order valence-electron chi connectivity index (χ0n) is 17.4. The van der Waals surface area contributed by atoms with Gasteiger partial charge >= 0.3 is 5.97 Å². The third-order valence-corrected chi connectivity index (χ3v) is 7.16. The Balaban J connectivity index is 1.88. The van der Waals surface area contributed by atoms with Crippen LogP contribution in [0.25, 0.3) is 0 Å². The van der Waals surface area contributed by atoms with Crippen LogP contribution in [-0.2, 0) is 15.0 Å². The summed E-state index contributed by atoms with van der Waals surface area (Å²) in [5.41, 5.74) is 2.17. The van der Waals surface area contributed by atoms with Gasteiger partial charge in [-0.3, -0.25) is 9.59 Å². The first kappa shape index (κ1) is 19.2. The van der Waals surface area contributed by atoms with Crippen LogP contribution in [0.3, 0.4) is 0 Å². The van der Waals surface area contributed by atoms with Gasteiger partial charge in [0.1, 0.15) is 6.10 Å². The highest BCUT2D eigenvalue weighted by atomic mass is 16.6. The van der Waals surface area contributed by atoms with E-state index in [2.05, 4.69) is 31.1 Å². The van der Waals surface area contributed by atoms with Crippen molar-refractivity contribution in [3.05, 3.63) is 23.3 Å². The number of benzene rings is 1. The summed E-state index contributed by atoms with van der Waals surface area (Å²) in [6, 6.07) is 4.23. The van der Waals surface area contributed by atoms with Crippen LogP contribution in [-0.4, -0.2) is 48.6 Å². The summed E-state index contributed by atoms with van der Waals surface area (Å²) in [4.78, 5) is 26.0. The first-order valence-corrected chi connectivity index (χ1v) is 10.2. The number of nitrogens with one attached hydrogen (secondary N) is 1. The molecule has 0 radical (unpaired) electrons. The number of carbonyl (C=O) groups is 2. The summed E-state index contributed by atoms with van der Waals surface area (Å²) in [6.45, 7) is 8.35. The molecule has 1 N–H and O–H groups in total. The molecule has 1 saturated carbocycles. The SMILES string of the molecule is CC(=O)N[C@H]1CCC2[C@@H](C)N(C)CC[C@@]23c2c(C)ccc(OC(C)=O)c2O[C@@H]13. The Bertz CT molecular complexity index is 823. The first-order chi connectivity index (χ1) is 13.3. The van der Waals surface area contributed by atoms with Crippen molar-refractivity contribution in [3.8, 4) is 11.5 Å². The fraction of sp³-hybridized carbons (Fsp3) is 0.636. The number of hydrogen-bond donors (Lipinski definition) is 1. The second-order valence-corrected chi connectivity index (χ2v) is 8.72. The lowest BCUT2D eigenvalue weighted by molar-refractivity contribution is -0.132. The Labute approximate surface area is 166 Å². The van der Waals surface area contributed by atoms with Crippen LogP contribution in [0.1, 0.15) is 51.2 Å². The number of fused-ring (bicyclic) bond motifs is 1. The first-order valence-electron chi connectivity index (χ1n) is 10.2. The topological polar surface area (TPSA) is 67.9 Å². The van der Waals surface area contributed by atoms with E-state index in [-0.39, 0.29) is 29.4 Å². The smallest absolute Gasteiger partial charge is 0.308 e. The normalized spacial score (nSPS) is 33.9. The lowest BCUT2D eigenvalue weighted by atomic mass is 9.54. The van der Waals surface area contributed by atoms with Gasteiger partial charge in [0.05, 0.1) is 6.04 Å². The van der Waals surface area contributed by atoms with Gasteiger partial charge in [0.2, 0.25) is 5.91 Å². The number of rotatable bonds is 2. The Kier molecular flexibility index (Phi) is 4.65. The fourth-order valence-corrected chi connectivity index (χ4v) is 5.98. The second kappa shape index (κ2) is 6.76. The van der Waals surface area contributed by atoms with Crippen LogP contribution in [0.15, 0.2) is 12.1 Å². The predicted molar refractivity (Wildman–Crippen MR) is 106 cm³/mol. The standard InChI is InChI=1S/C22H30N2O4/c1-12-6-9-18(27-15(4)26)20-19(12)22-10-11-24(5)13(2)16(22)7-8-17(21(22)28-20)23-14(3)25/h6,9,13,16-17,21H,7-8,10-11H2,1-5H3,(H,23,25)/t13-,16?,17+,21+,22+/m1/s1. The summed E-state index contributed by atoms with van der Waals surface area (Å²) in [5, 5.41) is 3.14. The Morgan fingerprint density at radius 1 is 1.29 bits per heavy atom. The van der Waals surface area contributed by atoms with Crippen LogP contribution >= 0.6 is 0 Å². The molecule has 0 bridgehead atoms. The molecular formula is C22H30N2O4. The van der Waals surface area contributed by atoms with Gasteiger partial charge in [-0.1, -0.05) is 6.07 Å². The minimum absolute atomic E-state index is 0.0314. The molecule has 1 saturated heterocycles. The van der Waals surface area contributed by atoms with E-state index in [4.69, 9.17) is 9.47 Å². The van der Waals surface area contributed by atoms with Crippen molar-refractivity contribution >= 4 is 11.9 Å². The summed E-state index contributed by atoms with van der Waals surface area (Å²) in [6.07, 6.45) is 2.76. The molecule has 1 spiro atoms. The number of ether oxygens (including phenoxy) is 2. The summed E-state index contributed by atoms with van der Waals surface area (Å²) >= 11 is 0. The van der Waals surface area contributed by atoms with E-state index in [1.165, 1.54) is 18.1 Å². The predicted octanol–water partition coefficient (Wildman–Crippen LogP) is 2.56. The molecule has 4 rings (SSSR count). The monoisotopic (exact) mass is 386 g/mol. The number of amides is 1. The third-order valence-electron chi connectivity index (χ3n) is 7.16. The van der Waals surface area contributed by atoms with Crippen molar-refractivity contribution in [2.75, 3.05) is 13.6 Å². The maximum Gasteiger partial charge on any atom is 0.308 e. The minimum atomic E-state index is -0.353. The van der Waals surface area contributed by atoms with Gasteiger partial charge in [0.15, 0.2) is 11.5 Å². The van der Waals surface area contributed by atoms with Gasteiger partial charge in [-0.05, 0) is 64.3 Å². The second-order valence-electron chi connectivity index (χ2n) is 8.72. The van der Waals surface area contributed by atoms with Crippen LogP contribution < -0.4 is 14.8 Å². The Morgan fingerprint density at radius 3 is 2.71 bits per heavy atom. The Morgan fingerprint density at radius 2 is 2.04 bits per heavy atom. The molecule has 5 atom stereocenters. The zero-order chi connectivity index (χ0) is 20.2. The van der Waals surface area contributed by atoms with E-state index in [1.807, 2.05) is 12.1 Å². The van der Waals surface area contributed by atoms with Crippen molar-refractivity contribution in [2.24, 2.45) is 5.92 Å². The van der Waals surface area contributed by atoms with Crippen LogP contribution in [0.4, 0.5) is 0 Å². The number of aryl methyl sites for hydroxylation is 1. The zero-order valence-corrected chi connectivity index (χ0v) is 17.4. The van der Waals surface area contributed by atoms with Crippen molar-refractivity contribution in [2.45, 2.75) is 70.6 Å². The maximum absolute atomic E-state index is 11.9. The summed E-state index contributed by atoms with van der Waals surface area (Å²) < 4.78 is 12.1. The molecule has 1 aromatic rings. The molecule has 2 heterocycles. The average Bonchev–Trinajstić information content (AvgIpc) is 2.97. The lowest BCUT2D eigenvalue weighted by Gasteiger charge is -2.56. The lowest BCUT2D eigenvalue weighted by Crippen LogP contribution is -2.65. The molecule has 1 aromatic carbocycles. The maximum atomic E-state index is 11.9. The fourth-order valence-electron chi connectivity index (χ4n) is 5.98. The van der Waals surface area contributed by atoms with Gasteiger partial charge in [-0.25, -0.2) is 0 Å². The molecule has 152 valence electrons. The van der Waals surface area contributed by atoms with Crippen molar-refractivity contribution < 1.29 is 19.1 Å². The van der Waals surface area contributed by atoms with E-state index in [9.17, 15) is 9.59 Å². The molecule has 28 heavy (non-hydrogen) atoms. The molecule has 0 aromatic heterocycles. The van der Waals surface area contributed by atoms with Crippen molar-refractivity contribution in [1.29, 1.82) is 0 Å². The van der Waals surface area contributed by atoms with Gasteiger partial charge in [0.25, 0.3) is 0 Å². The number of hydrogen-bond acceptors (Lipinski definition) is 5. The highest BCUT2D eigenvalue weighted by Gasteiger charge is 2.62. The number of likely N-dealkylation sites (tertiary alicyclic amines) is 1. The van der Waals surface area contributed by atoms with E-state index in [0.29, 0.717) is 23.5 Å². The van der Waals surface area contributed by atoms with E-state index in [1.54, 1.807) is 6.92 Å². The van der Waals surface area contributed by atoms with Gasteiger partial charge in [-0.15, -0.1) is 0 Å². The largest absolute Gasteiger partial charge is 0.483 e. The van der Waals surface area contributed by atoms with E-state index in [0.717, 1.165) is 25.8 Å². The number of nitrogens with zero attached hydrogens (tertiary/aromatic N) is 1. The molecule has 6 nitrogen and oxygen atoms in total. The summed E-state index contributed by atoms with van der Waals surface area (Å²) in [5.74, 6) is 1.22. The molecule has 6 heteroatoms. The molecule has 1 amide bonds. The molecule has 3 aliphatic rings. The minimum Gasteiger partial charge on any atom is -0.483 e. The van der Waals surface area contributed by atoms with Gasteiger partial charge in [-0.2, -0.15) is 0 Å². The van der Waals surface area contributed by atoms with Crippen molar-refractivity contribution in [1.82, 2.24) is 10.2 Å². The summed E-state index contributed by atoms with van der Waals surface area (Å²) in [7, 11) is 2.19. The van der Waals surface area contributed by atoms with E-state index >= 15 is 0 Å². The third kappa shape index (κ3) is 2.72. The highest BCUT2D eigenvalue weighted by Crippen LogP contribution is 2.61. The Hall–Kier alpha value is -2.08. The quantitative estimate of drug-likeness (QED) is 0.625. The molecule has 1 aliphatic carbocycles. The van der Waals surface area contributed by atoms with Gasteiger partial charge in [0, 0.05) is 30.9 Å². The average molecular weight is 386 g/mol. The molecule has 2 aliphatic heterocycles. The van der Waals surface area contributed by atoms with E-state index < -0.39 is 0 Å². The molecule has 1 unspecified atom stereocenters. The highest BCUT2D eigenvalue weighted by molar-refractivity contribution is 5.74. The number of piperidine rings is 1. The van der Waals surface area contributed by atoms with Crippen LogP contribution in [0, 0.1) is 12.8 Å². The van der Waals surface area contributed by atoms with Crippen LogP contribution in [0.2, 0.25) is 0 Å². The van der Waals surface area contributed by atoms with Crippen LogP contribution in [0.5, 0.6) is 11.5 Å². The number of esters is 1.